The Labute approximate surface area is 128 Å². The lowest BCUT2D eigenvalue weighted by Crippen LogP contribution is -1.99. The van der Waals surface area contributed by atoms with Crippen LogP contribution in [0.15, 0.2) is 40.6 Å². The molecule has 1 aromatic heterocycles. The molecule has 7 heteroatoms. The summed E-state index contributed by atoms with van der Waals surface area (Å²) in [7, 11) is 0. The van der Waals surface area contributed by atoms with E-state index in [0.717, 1.165) is 0 Å². The van der Waals surface area contributed by atoms with Crippen LogP contribution in [-0.2, 0) is 13.2 Å². The first-order valence-corrected chi connectivity index (χ1v) is 6.07. The monoisotopic (exact) mass is 309 g/mol. The van der Waals surface area contributed by atoms with Gasteiger partial charge in [-0.25, -0.2) is 4.98 Å². The summed E-state index contributed by atoms with van der Waals surface area (Å²) in [6, 6.07) is 9.08. The molecule has 0 saturated carbocycles. The highest BCUT2D eigenvalue weighted by atomic mass is 35.5. The van der Waals surface area contributed by atoms with Crippen LogP contribution in [0.1, 0.15) is 16.8 Å². The molecule has 0 aliphatic carbocycles. The van der Waals surface area contributed by atoms with Gasteiger partial charge in [-0.1, -0.05) is 18.2 Å². The largest absolute Gasteiger partial charge is 0.506 e. The lowest BCUT2D eigenvalue weighted by atomic mass is 10.1. The van der Waals surface area contributed by atoms with Gasteiger partial charge in [-0.3, -0.25) is 0 Å². The fraction of sp³-hybridized carbons (Fsp3) is 0.214. The zero-order valence-corrected chi connectivity index (χ0v) is 12.2. The zero-order chi connectivity index (χ0) is 14.5. The van der Waals surface area contributed by atoms with Gasteiger partial charge in [0.25, 0.3) is 0 Å². The number of azo groups is 1. The molecule has 0 fully saturated rings. The van der Waals surface area contributed by atoms with Crippen molar-refractivity contribution in [2.75, 3.05) is 0 Å². The predicted octanol–water partition coefficient (Wildman–Crippen LogP) is 2.92. The second-order valence-electron chi connectivity index (χ2n) is 4.18. The van der Waals surface area contributed by atoms with Crippen LogP contribution < -0.4 is 0 Å². The molecule has 112 valence electrons. The molecule has 0 atom stereocenters. The zero-order valence-electron chi connectivity index (χ0n) is 11.4. The predicted molar refractivity (Wildman–Crippen MR) is 80.4 cm³/mol. The number of aliphatic hydroxyl groups excluding tert-OH is 2. The number of aromatic hydroxyl groups is 1. The van der Waals surface area contributed by atoms with Crippen molar-refractivity contribution in [2.45, 2.75) is 20.1 Å². The molecule has 0 amide bonds. The molecule has 0 unspecified atom stereocenters. The van der Waals surface area contributed by atoms with E-state index in [1.807, 2.05) is 18.2 Å². The molecule has 2 aromatic rings. The third kappa shape index (κ3) is 3.75. The number of pyridine rings is 1. The molecule has 3 N–H and O–H groups in total. The van der Waals surface area contributed by atoms with Gasteiger partial charge in [0.1, 0.15) is 5.75 Å². The summed E-state index contributed by atoms with van der Waals surface area (Å²) in [5.41, 5.74) is 1.47. The fourth-order valence-corrected chi connectivity index (χ4v) is 1.79. The second kappa shape index (κ2) is 7.68. The van der Waals surface area contributed by atoms with Crippen molar-refractivity contribution in [1.29, 1.82) is 0 Å². The van der Waals surface area contributed by atoms with E-state index in [2.05, 4.69) is 15.2 Å². The lowest BCUT2D eigenvalue weighted by molar-refractivity contribution is 0.254. The molecule has 1 aromatic carbocycles. The summed E-state index contributed by atoms with van der Waals surface area (Å²) in [5, 5.41) is 36.5. The van der Waals surface area contributed by atoms with E-state index in [1.165, 1.54) is 0 Å². The summed E-state index contributed by atoms with van der Waals surface area (Å²) in [4.78, 5) is 4.09. The minimum absolute atomic E-state index is 0. The first-order valence-electron chi connectivity index (χ1n) is 6.07. The number of halogens is 1. The highest BCUT2D eigenvalue weighted by Crippen LogP contribution is 2.31. The third-order valence-electron chi connectivity index (χ3n) is 2.87. The molecule has 0 aliphatic heterocycles. The van der Waals surface area contributed by atoms with Crippen LogP contribution >= 0.6 is 12.4 Å². The van der Waals surface area contributed by atoms with E-state index in [1.54, 1.807) is 19.1 Å². The van der Waals surface area contributed by atoms with Gasteiger partial charge in [0.05, 0.1) is 24.6 Å². The Kier molecular flexibility index (Phi) is 6.23. The van der Waals surface area contributed by atoms with Crippen molar-refractivity contribution >= 4 is 23.9 Å². The first kappa shape index (κ1) is 17.0. The molecule has 0 radical (unpaired) electrons. The highest BCUT2D eigenvalue weighted by molar-refractivity contribution is 5.85. The molecule has 0 bridgehead atoms. The summed E-state index contributed by atoms with van der Waals surface area (Å²) in [6.07, 6.45) is 0. The normalized spacial score (nSPS) is 10.6. The number of hydrogen-bond acceptors (Lipinski definition) is 6. The lowest BCUT2D eigenvalue weighted by Gasteiger charge is -2.11. The third-order valence-corrected chi connectivity index (χ3v) is 2.87. The summed E-state index contributed by atoms with van der Waals surface area (Å²) < 4.78 is 0. The van der Waals surface area contributed by atoms with Gasteiger partial charge < -0.3 is 15.3 Å². The molecule has 0 saturated heterocycles. The first-order chi connectivity index (χ1) is 9.67. The van der Waals surface area contributed by atoms with Crippen molar-refractivity contribution in [3.05, 3.63) is 47.2 Å². The van der Waals surface area contributed by atoms with Gasteiger partial charge in [0.15, 0.2) is 5.82 Å². The Hall–Kier alpha value is -2.02. The Morgan fingerprint density at radius 3 is 2.19 bits per heavy atom. The maximum atomic E-state index is 9.81. The Balaban J connectivity index is 0.00000220. The molecule has 2 rings (SSSR count). The maximum absolute atomic E-state index is 9.81. The van der Waals surface area contributed by atoms with E-state index in [0.29, 0.717) is 11.4 Å². The standard InChI is InChI=1S/C14H15N3O3.ClH/c1-9-13(20)11(7-18)12(8-19)14(15-9)17-16-10-5-3-2-4-6-10;/h2-6,18-20H,7-8H2,1H3;1H. The number of aliphatic hydroxyl groups is 2. The van der Waals surface area contributed by atoms with Crippen LogP contribution in [0.4, 0.5) is 11.5 Å². The summed E-state index contributed by atoms with van der Waals surface area (Å²) >= 11 is 0. The van der Waals surface area contributed by atoms with Crippen molar-refractivity contribution in [1.82, 2.24) is 4.98 Å². The second-order valence-corrected chi connectivity index (χ2v) is 4.18. The van der Waals surface area contributed by atoms with Crippen LogP contribution in [0.2, 0.25) is 0 Å². The van der Waals surface area contributed by atoms with Crippen molar-refractivity contribution in [2.24, 2.45) is 10.2 Å². The molecule has 0 aliphatic rings. The van der Waals surface area contributed by atoms with Gasteiger partial charge >= 0.3 is 0 Å². The quantitative estimate of drug-likeness (QED) is 0.756. The number of hydrogen-bond donors (Lipinski definition) is 3. The number of aryl methyl sites for hydroxylation is 1. The van der Waals surface area contributed by atoms with Crippen LogP contribution in [0.5, 0.6) is 5.75 Å². The minimum Gasteiger partial charge on any atom is -0.506 e. The van der Waals surface area contributed by atoms with Gasteiger partial charge in [-0.05, 0) is 19.1 Å². The average molecular weight is 310 g/mol. The highest BCUT2D eigenvalue weighted by Gasteiger charge is 2.16. The summed E-state index contributed by atoms with van der Waals surface area (Å²) in [5.74, 6) is 0.0610. The number of benzene rings is 1. The molecule has 0 spiro atoms. The van der Waals surface area contributed by atoms with Gasteiger partial charge in [0, 0.05) is 11.1 Å². The van der Waals surface area contributed by atoms with E-state index in [-0.39, 0.29) is 41.7 Å². The minimum atomic E-state index is -0.404. The van der Waals surface area contributed by atoms with Crippen molar-refractivity contribution in [3.63, 3.8) is 0 Å². The number of aromatic nitrogens is 1. The SMILES string of the molecule is Cc1nc(N=Nc2ccccc2)c(CO)c(CO)c1O.Cl. The number of rotatable bonds is 4. The van der Waals surface area contributed by atoms with Crippen LogP contribution in [0, 0.1) is 6.92 Å². The molecule has 6 nitrogen and oxygen atoms in total. The van der Waals surface area contributed by atoms with Crippen LogP contribution in [-0.4, -0.2) is 20.3 Å². The van der Waals surface area contributed by atoms with Gasteiger partial charge in [-0.2, -0.15) is 0 Å². The summed E-state index contributed by atoms with van der Waals surface area (Å²) in [6.45, 7) is 0.802. The van der Waals surface area contributed by atoms with Crippen LogP contribution in [0.25, 0.3) is 0 Å². The maximum Gasteiger partial charge on any atom is 0.180 e. The molecular weight excluding hydrogens is 294 g/mol. The fourth-order valence-electron chi connectivity index (χ4n) is 1.79. The smallest absolute Gasteiger partial charge is 0.180 e. The van der Waals surface area contributed by atoms with Crippen LogP contribution in [0.3, 0.4) is 0 Å². The van der Waals surface area contributed by atoms with E-state index in [4.69, 9.17) is 0 Å². The Morgan fingerprint density at radius 2 is 1.62 bits per heavy atom. The average Bonchev–Trinajstić information content (AvgIpc) is 2.48. The molecule has 21 heavy (non-hydrogen) atoms. The van der Waals surface area contributed by atoms with E-state index >= 15 is 0 Å². The molecule has 1 heterocycles. The van der Waals surface area contributed by atoms with Crippen molar-refractivity contribution < 1.29 is 15.3 Å². The number of nitrogens with zero attached hydrogens (tertiary/aromatic N) is 3. The van der Waals surface area contributed by atoms with Gasteiger partial charge in [-0.15, -0.1) is 22.6 Å². The topological polar surface area (TPSA) is 98.3 Å². The van der Waals surface area contributed by atoms with Gasteiger partial charge in [0.2, 0.25) is 0 Å². The van der Waals surface area contributed by atoms with E-state index in [9.17, 15) is 15.3 Å². The molecular formula is C14H16ClN3O3. The Bertz CT molecular complexity index is 633. The Morgan fingerprint density at radius 1 is 1.00 bits per heavy atom. The van der Waals surface area contributed by atoms with Crippen molar-refractivity contribution in [3.8, 4) is 5.75 Å². The van der Waals surface area contributed by atoms with E-state index < -0.39 is 6.61 Å².